The van der Waals surface area contributed by atoms with Crippen molar-refractivity contribution in [2.24, 2.45) is 0 Å². The van der Waals surface area contributed by atoms with Crippen LogP contribution in [0.3, 0.4) is 0 Å². The highest BCUT2D eigenvalue weighted by atomic mass is 32.1. The molecule has 176 valence electrons. The Hall–Kier alpha value is -3.84. The molecule has 1 N–H and O–H groups in total. The maximum absolute atomic E-state index is 5.90. The fourth-order valence-electron chi connectivity index (χ4n) is 5.24. The molecule has 0 unspecified atom stereocenters. The number of anilines is 1. The summed E-state index contributed by atoms with van der Waals surface area (Å²) in [5.74, 6) is 1.55. The molecule has 2 aliphatic rings. The van der Waals surface area contributed by atoms with Gasteiger partial charge in [-0.2, -0.15) is 0 Å². The van der Waals surface area contributed by atoms with Gasteiger partial charge in [0.25, 0.3) is 0 Å². The molecule has 2 aromatic heterocycles. The highest BCUT2D eigenvalue weighted by Gasteiger charge is 2.42. The molecular weight excluding hydrogens is 456 g/mol. The van der Waals surface area contributed by atoms with Gasteiger partial charge in [-0.05, 0) is 86.6 Å². The average Bonchev–Trinajstić information content (AvgIpc) is 3.54. The number of aromatic nitrogens is 2. The minimum Gasteiger partial charge on any atom is -0.454 e. The molecule has 6 rings (SSSR count). The largest absolute Gasteiger partial charge is 0.454 e. The molecule has 6 nitrogen and oxygen atoms in total. The number of hydrogen-bond acceptors (Lipinski definition) is 4. The van der Waals surface area contributed by atoms with Crippen LogP contribution in [0.15, 0.2) is 72.9 Å². The summed E-state index contributed by atoms with van der Waals surface area (Å²) in [6.45, 7) is 6.66. The van der Waals surface area contributed by atoms with Crippen LogP contribution in [0.4, 0.5) is 5.69 Å². The normalized spacial score (nSPS) is 18.7. The summed E-state index contributed by atoms with van der Waals surface area (Å²) < 4.78 is 13.4. The van der Waals surface area contributed by atoms with Gasteiger partial charge in [0.2, 0.25) is 6.79 Å². The van der Waals surface area contributed by atoms with E-state index in [-0.39, 0.29) is 18.9 Å². The maximum atomic E-state index is 5.90. The van der Waals surface area contributed by atoms with E-state index in [9.17, 15) is 0 Å². The third kappa shape index (κ3) is 3.63. The Balaban J connectivity index is 1.50. The van der Waals surface area contributed by atoms with Gasteiger partial charge in [-0.1, -0.05) is 18.2 Å². The number of thiocarbonyl (C=S) groups is 1. The Morgan fingerprint density at radius 3 is 2.57 bits per heavy atom. The minimum absolute atomic E-state index is 0.0619. The number of rotatable bonds is 4. The fraction of sp³-hybridized carbons (Fsp3) is 0.214. The molecule has 0 saturated carbocycles. The second-order valence-electron chi connectivity index (χ2n) is 9.04. The topological polar surface area (TPSA) is 51.6 Å². The van der Waals surface area contributed by atoms with Crippen LogP contribution in [0.2, 0.25) is 0 Å². The molecule has 0 spiro atoms. The summed E-state index contributed by atoms with van der Waals surface area (Å²) in [6.07, 6.45) is 1.84. The summed E-state index contributed by atoms with van der Waals surface area (Å²) in [7, 11) is 0. The standard InChI is InChI=1S/C28H26N4O2S/c1-17-7-6-8-20(13-17)32-27(26(30-28(32)35)23-9-4-5-12-29-23)22-14-18(2)31(19(22)3)21-10-11-24-25(15-21)34-16-33-24/h4-15,26-27H,16H2,1-3H3,(H,30,35)/t26-,27-/m1/s1. The third-order valence-electron chi connectivity index (χ3n) is 6.78. The second kappa shape index (κ2) is 8.43. The molecular formula is C28H26N4O2S. The monoisotopic (exact) mass is 482 g/mol. The van der Waals surface area contributed by atoms with Crippen LogP contribution in [0, 0.1) is 20.8 Å². The molecule has 2 aromatic carbocycles. The first-order chi connectivity index (χ1) is 17.0. The van der Waals surface area contributed by atoms with Gasteiger partial charge < -0.3 is 24.3 Å². The van der Waals surface area contributed by atoms with Gasteiger partial charge in [-0.3, -0.25) is 4.98 Å². The Labute approximate surface area is 210 Å². The van der Waals surface area contributed by atoms with E-state index in [0.717, 1.165) is 40.0 Å². The molecule has 0 bridgehead atoms. The minimum atomic E-state index is -0.0880. The lowest BCUT2D eigenvalue weighted by Gasteiger charge is -2.28. The first kappa shape index (κ1) is 21.7. The molecule has 4 aromatic rings. The van der Waals surface area contributed by atoms with Gasteiger partial charge in [0.15, 0.2) is 16.6 Å². The van der Waals surface area contributed by atoms with Crippen LogP contribution in [0.5, 0.6) is 11.5 Å². The quantitative estimate of drug-likeness (QED) is 0.377. The van der Waals surface area contributed by atoms with Gasteiger partial charge in [0.05, 0.1) is 17.8 Å². The number of nitrogens with one attached hydrogen (secondary N) is 1. The maximum Gasteiger partial charge on any atom is 0.231 e. The molecule has 0 aliphatic carbocycles. The van der Waals surface area contributed by atoms with E-state index in [2.05, 4.69) is 83.0 Å². The van der Waals surface area contributed by atoms with Crippen molar-refractivity contribution < 1.29 is 9.47 Å². The number of ether oxygens (including phenoxy) is 2. The highest BCUT2D eigenvalue weighted by molar-refractivity contribution is 7.80. The van der Waals surface area contributed by atoms with Crippen molar-refractivity contribution in [3.05, 3.63) is 101 Å². The van der Waals surface area contributed by atoms with E-state index in [0.29, 0.717) is 5.11 Å². The predicted octanol–water partition coefficient (Wildman–Crippen LogP) is 5.70. The molecule has 2 aliphatic heterocycles. The van der Waals surface area contributed by atoms with E-state index >= 15 is 0 Å². The van der Waals surface area contributed by atoms with Gasteiger partial charge in [0, 0.05) is 35.0 Å². The summed E-state index contributed by atoms with van der Waals surface area (Å²) in [4.78, 5) is 6.92. The molecule has 1 fully saturated rings. The van der Waals surface area contributed by atoms with Crippen molar-refractivity contribution in [3.63, 3.8) is 0 Å². The van der Waals surface area contributed by atoms with E-state index in [1.54, 1.807) is 0 Å². The lowest BCUT2D eigenvalue weighted by Crippen LogP contribution is -2.29. The van der Waals surface area contributed by atoms with Gasteiger partial charge in [-0.25, -0.2) is 0 Å². The molecule has 0 amide bonds. The van der Waals surface area contributed by atoms with Crippen LogP contribution in [-0.2, 0) is 0 Å². The molecule has 35 heavy (non-hydrogen) atoms. The summed E-state index contributed by atoms with van der Waals surface area (Å²) in [6, 6.07) is 22.7. The van der Waals surface area contributed by atoms with E-state index in [1.807, 2.05) is 30.5 Å². The number of fused-ring (bicyclic) bond motifs is 1. The lowest BCUT2D eigenvalue weighted by molar-refractivity contribution is 0.174. The summed E-state index contributed by atoms with van der Waals surface area (Å²) >= 11 is 5.90. The Bertz CT molecular complexity index is 1430. The second-order valence-corrected chi connectivity index (χ2v) is 9.42. The zero-order chi connectivity index (χ0) is 24.1. The summed E-state index contributed by atoms with van der Waals surface area (Å²) in [5, 5.41) is 4.26. The van der Waals surface area contributed by atoms with Crippen LogP contribution in [-0.4, -0.2) is 21.5 Å². The number of nitrogens with zero attached hydrogens (tertiary/aromatic N) is 3. The fourth-order valence-corrected chi connectivity index (χ4v) is 5.58. The van der Waals surface area contributed by atoms with Crippen LogP contribution < -0.4 is 19.7 Å². The smallest absolute Gasteiger partial charge is 0.231 e. The number of hydrogen-bond donors (Lipinski definition) is 1. The Kier molecular flexibility index (Phi) is 5.22. The van der Waals surface area contributed by atoms with E-state index < -0.39 is 0 Å². The molecule has 7 heteroatoms. The van der Waals surface area contributed by atoms with Crippen molar-refractivity contribution in [1.29, 1.82) is 0 Å². The Morgan fingerprint density at radius 1 is 0.914 bits per heavy atom. The van der Waals surface area contributed by atoms with Crippen molar-refractivity contribution >= 4 is 23.0 Å². The van der Waals surface area contributed by atoms with Crippen LogP contribution in [0.1, 0.15) is 40.3 Å². The molecule has 0 radical (unpaired) electrons. The van der Waals surface area contributed by atoms with Gasteiger partial charge in [0.1, 0.15) is 0 Å². The lowest BCUT2D eigenvalue weighted by atomic mass is 9.96. The average molecular weight is 483 g/mol. The van der Waals surface area contributed by atoms with Gasteiger partial charge >= 0.3 is 0 Å². The first-order valence-corrected chi connectivity index (χ1v) is 12.1. The number of pyridine rings is 1. The van der Waals surface area contributed by atoms with Crippen molar-refractivity contribution in [1.82, 2.24) is 14.9 Å². The summed E-state index contributed by atoms with van der Waals surface area (Å²) in [5.41, 5.74) is 7.75. The van der Waals surface area contributed by atoms with E-state index in [1.165, 1.54) is 11.1 Å². The van der Waals surface area contributed by atoms with Crippen molar-refractivity contribution in [3.8, 4) is 17.2 Å². The van der Waals surface area contributed by atoms with Gasteiger partial charge in [-0.15, -0.1) is 0 Å². The zero-order valence-electron chi connectivity index (χ0n) is 19.9. The Morgan fingerprint density at radius 2 is 1.77 bits per heavy atom. The van der Waals surface area contributed by atoms with Crippen LogP contribution >= 0.6 is 12.2 Å². The first-order valence-electron chi connectivity index (χ1n) is 11.7. The predicted molar refractivity (Wildman–Crippen MR) is 140 cm³/mol. The van der Waals surface area contributed by atoms with Crippen molar-refractivity contribution in [2.75, 3.05) is 11.7 Å². The number of aryl methyl sites for hydroxylation is 2. The zero-order valence-corrected chi connectivity index (χ0v) is 20.7. The molecule has 4 heterocycles. The van der Waals surface area contributed by atoms with Crippen molar-refractivity contribution in [2.45, 2.75) is 32.9 Å². The number of benzene rings is 2. The molecule has 2 atom stereocenters. The van der Waals surface area contributed by atoms with Crippen LogP contribution in [0.25, 0.3) is 5.69 Å². The third-order valence-corrected chi connectivity index (χ3v) is 7.10. The molecule has 1 saturated heterocycles. The SMILES string of the molecule is Cc1cccc(N2C(=S)N[C@H](c3ccccn3)[C@H]2c2cc(C)n(-c3ccc4c(c3)OCO4)c2C)c1. The highest BCUT2D eigenvalue weighted by Crippen LogP contribution is 2.44. The van der Waals surface area contributed by atoms with E-state index in [4.69, 9.17) is 21.7 Å².